The SMILES string of the molecule is O=C1C=COC1(Cl)Br. The predicted molar refractivity (Wildman–Crippen MR) is 32.7 cm³/mol. The summed E-state index contributed by atoms with van der Waals surface area (Å²) in [6.07, 6.45) is 2.52. The lowest BCUT2D eigenvalue weighted by Gasteiger charge is -2.07. The molecule has 1 atom stereocenters. The van der Waals surface area contributed by atoms with Crippen molar-refractivity contribution in [3.63, 3.8) is 0 Å². The Balaban J connectivity index is 2.79. The number of ether oxygens (including phenoxy) is 1. The average Bonchev–Trinajstić information content (AvgIpc) is 1.86. The average molecular weight is 197 g/mol. The minimum absolute atomic E-state index is 0.279. The van der Waals surface area contributed by atoms with Crippen molar-refractivity contribution in [2.45, 2.75) is 3.97 Å². The van der Waals surface area contributed by atoms with Crippen LogP contribution in [-0.4, -0.2) is 9.75 Å². The molecule has 1 unspecified atom stereocenters. The Morgan fingerprint density at radius 1 is 1.88 bits per heavy atom. The minimum Gasteiger partial charge on any atom is -0.462 e. The van der Waals surface area contributed by atoms with Gasteiger partial charge in [-0.1, -0.05) is 11.6 Å². The highest BCUT2D eigenvalue weighted by Crippen LogP contribution is 2.30. The Morgan fingerprint density at radius 2 is 2.50 bits per heavy atom. The van der Waals surface area contributed by atoms with Gasteiger partial charge in [0.15, 0.2) is 0 Å². The van der Waals surface area contributed by atoms with Crippen LogP contribution >= 0.6 is 27.5 Å². The molecule has 1 aliphatic rings. The van der Waals surface area contributed by atoms with E-state index in [1.54, 1.807) is 0 Å². The summed E-state index contributed by atoms with van der Waals surface area (Å²) in [7, 11) is 0. The monoisotopic (exact) mass is 196 g/mol. The summed E-state index contributed by atoms with van der Waals surface area (Å²) >= 11 is 8.24. The van der Waals surface area contributed by atoms with Crippen LogP contribution in [-0.2, 0) is 9.53 Å². The van der Waals surface area contributed by atoms with Crippen LogP contribution in [0.3, 0.4) is 0 Å². The van der Waals surface area contributed by atoms with Gasteiger partial charge in [-0.3, -0.25) is 4.79 Å². The summed E-state index contributed by atoms with van der Waals surface area (Å²) in [5.41, 5.74) is 0. The zero-order valence-electron chi connectivity index (χ0n) is 3.73. The number of hydrogen-bond acceptors (Lipinski definition) is 2. The zero-order chi connectivity index (χ0) is 6.20. The van der Waals surface area contributed by atoms with Crippen LogP contribution in [0.4, 0.5) is 0 Å². The summed E-state index contributed by atoms with van der Waals surface area (Å²) in [5.74, 6) is -0.279. The Bertz CT molecular complexity index is 152. The Hall–Kier alpha value is -0.0200. The Kier molecular flexibility index (Phi) is 1.33. The second-order valence-corrected chi connectivity index (χ2v) is 3.41. The zero-order valence-corrected chi connectivity index (χ0v) is 6.07. The van der Waals surface area contributed by atoms with E-state index in [-0.39, 0.29) is 5.78 Å². The molecule has 44 valence electrons. The van der Waals surface area contributed by atoms with Gasteiger partial charge in [0, 0.05) is 6.08 Å². The van der Waals surface area contributed by atoms with Crippen LogP contribution in [0.15, 0.2) is 12.3 Å². The molecular weight excluding hydrogens is 195 g/mol. The van der Waals surface area contributed by atoms with Gasteiger partial charge in [0.1, 0.15) is 0 Å². The molecule has 8 heavy (non-hydrogen) atoms. The first kappa shape index (κ1) is 6.11. The lowest BCUT2D eigenvalue weighted by atomic mass is 10.4. The van der Waals surface area contributed by atoms with E-state index in [2.05, 4.69) is 20.7 Å². The lowest BCUT2D eigenvalue weighted by molar-refractivity contribution is -0.118. The molecule has 0 bridgehead atoms. The van der Waals surface area contributed by atoms with Crippen LogP contribution < -0.4 is 0 Å². The van der Waals surface area contributed by atoms with Gasteiger partial charge >= 0.3 is 0 Å². The molecule has 1 rings (SSSR count). The van der Waals surface area contributed by atoms with Gasteiger partial charge in [-0.15, -0.1) is 0 Å². The molecule has 2 nitrogen and oxygen atoms in total. The molecule has 0 spiro atoms. The first-order valence-corrected chi connectivity index (χ1v) is 3.06. The van der Waals surface area contributed by atoms with Gasteiger partial charge in [-0.25, -0.2) is 0 Å². The third-order valence-electron chi connectivity index (χ3n) is 0.722. The fourth-order valence-corrected chi connectivity index (χ4v) is 0.691. The third-order valence-corrected chi connectivity index (χ3v) is 1.58. The number of halogens is 2. The van der Waals surface area contributed by atoms with Crippen LogP contribution in [0, 0.1) is 0 Å². The van der Waals surface area contributed by atoms with Crippen molar-refractivity contribution in [2.75, 3.05) is 0 Å². The first-order valence-electron chi connectivity index (χ1n) is 1.89. The topological polar surface area (TPSA) is 26.3 Å². The van der Waals surface area contributed by atoms with Gasteiger partial charge in [0.05, 0.1) is 6.26 Å². The molecule has 0 radical (unpaired) electrons. The van der Waals surface area contributed by atoms with Crippen molar-refractivity contribution in [2.24, 2.45) is 0 Å². The van der Waals surface area contributed by atoms with E-state index in [1.807, 2.05) is 0 Å². The maximum absolute atomic E-state index is 10.5. The summed E-state index contributed by atoms with van der Waals surface area (Å²) < 4.78 is 3.29. The first-order chi connectivity index (χ1) is 3.63. The summed E-state index contributed by atoms with van der Waals surface area (Å²) in [5, 5.41) is 0. The molecular formula is C4H2BrClO2. The molecule has 0 aliphatic carbocycles. The maximum atomic E-state index is 10.5. The highest BCUT2D eigenvalue weighted by atomic mass is 79.9. The number of carbonyl (C=O) groups excluding carboxylic acids is 1. The number of carbonyl (C=O) groups is 1. The van der Waals surface area contributed by atoms with E-state index in [9.17, 15) is 4.79 Å². The summed E-state index contributed by atoms with van der Waals surface area (Å²) in [6.45, 7) is 0. The molecule has 1 aliphatic heterocycles. The quantitative estimate of drug-likeness (QED) is 0.549. The van der Waals surface area contributed by atoms with Crippen molar-refractivity contribution < 1.29 is 9.53 Å². The van der Waals surface area contributed by atoms with Gasteiger partial charge in [-0.05, 0) is 15.9 Å². The van der Waals surface area contributed by atoms with Crippen LogP contribution in [0.1, 0.15) is 0 Å². The van der Waals surface area contributed by atoms with Crippen LogP contribution in [0.5, 0.6) is 0 Å². The summed E-state index contributed by atoms with van der Waals surface area (Å²) in [4.78, 5) is 10.5. The summed E-state index contributed by atoms with van der Waals surface area (Å²) in [6, 6.07) is 0. The second-order valence-electron chi connectivity index (χ2n) is 1.30. The molecule has 4 heteroatoms. The molecule has 0 aromatic carbocycles. The van der Waals surface area contributed by atoms with Gasteiger partial charge < -0.3 is 4.74 Å². The van der Waals surface area contributed by atoms with E-state index >= 15 is 0 Å². The van der Waals surface area contributed by atoms with Crippen LogP contribution in [0.25, 0.3) is 0 Å². The predicted octanol–water partition coefficient (Wildman–Crippen LogP) is 1.39. The second kappa shape index (κ2) is 1.74. The fraction of sp³-hybridized carbons (Fsp3) is 0.250. The lowest BCUT2D eigenvalue weighted by Crippen LogP contribution is -2.19. The van der Waals surface area contributed by atoms with Crippen molar-refractivity contribution in [3.8, 4) is 0 Å². The molecule has 1 heterocycles. The number of alkyl halides is 2. The normalized spacial score (nSPS) is 35.5. The van der Waals surface area contributed by atoms with E-state index in [1.165, 1.54) is 12.3 Å². The number of hydrogen-bond donors (Lipinski definition) is 0. The molecule has 0 fully saturated rings. The maximum Gasteiger partial charge on any atom is 0.299 e. The third kappa shape index (κ3) is 0.880. The molecule has 0 saturated heterocycles. The molecule has 0 aromatic rings. The van der Waals surface area contributed by atoms with Crippen molar-refractivity contribution in [3.05, 3.63) is 12.3 Å². The number of rotatable bonds is 0. The fourth-order valence-electron chi connectivity index (χ4n) is 0.336. The van der Waals surface area contributed by atoms with E-state index in [4.69, 9.17) is 11.6 Å². The van der Waals surface area contributed by atoms with Crippen LogP contribution in [0.2, 0.25) is 0 Å². The minimum atomic E-state index is -1.31. The Morgan fingerprint density at radius 3 is 2.62 bits per heavy atom. The van der Waals surface area contributed by atoms with E-state index in [0.717, 1.165) is 0 Å². The van der Waals surface area contributed by atoms with Gasteiger partial charge in [0.2, 0.25) is 5.78 Å². The van der Waals surface area contributed by atoms with Crippen molar-refractivity contribution in [1.82, 2.24) is 0 Å². The molecule has 0 aromatic heterocycles. The van der Waals surface area contributed by atoms with Gasteiger partial charge in [0.25, 0.3) is 3.97 Å². The standard InChI is InChI=1S/C4H2BrClO2/c5-4(6)3(7)1-2-8-4/h1-2H. The largest absolute Gasteiger partial charge is 0.462 e. The highest BCUT2D eigenvalue weighted by molar-refractivity contribution is 9.10. The molecule has 0 saturated carbocycles. The highest BCUT2D eigenvalue weighted by Gasteiger charge is 2.35. The van der Waals surface area contributed by atoms with Crippen molar-refractivity contribution >= 4 is 33.3 Å². The Labute approximate surface area is 59.6 Å². The smallest absolute Gasteiger partial charge is 0.299 e. The molecule has 0 N–H and O–H groups in total. The van der Waals surface area contributed by atoms with E-state index < -0.39 is 3.97 Å². The molecule has 0 amide bonds. The van der Waals surface area contributed by atoms with Gasteiger partial charge in [-0.2, -0.15) is 0 Å². The number of ketones is 1. The van der Waals surface area contributed by atoms with E-state index in [0.29, 0.717) is 0 Å². The van der Waals surface area contributed by atoms with Crippen molar-refractivity contribution in [1.29, 1.82) is 0 Å².